The number of benzene rings is 1. The van der Waals surface area contributed by atoms with Gasteiger partial charge in [0.15, 0.2) is 0 Å². The Morgan fingerprint density at radius 2 is 2.14 bits per heavy atom. The van der Waals surface area contributed by atoms with Crippen LogP contribution in [0.3, 0.4) is 0 Å². The lowest BCUT2D eigenvalue weighted by molar-refractivity contribution is 0.261. The molecule has 3 nitrogen and oxygen atoms in total. The Morgan fingerprint density at radius 3 is 2.95 bits per heavy atom. The number of hydrogen-bond donors (Lipinski definition) is 1. The summed E-state index contributed by atoms with van der Waals surface area (Å²) in [6.07, 6.45) is 6.64. The highest BCUT2D eigenvalue weighted by molar-refractivity contribution is 5.93. The van der Waals surface area contributed by atoms with E-state index >= 15 is 0 Å². The quantitative estimate of drug-likeness (QED) is 0.916. The van der Waals surface area contributed by atoms with Gasteiger partial charge in [0, 0.05) is 48.1 Å². The van der Waals surface area contributed by atoms with Crippen molar-refractivity contribution in [1.82, 2.24) is 10.3 Å². The van der Waals surface area contributed by atoms with Crippen LogP contribution in [-0.4, -0.2) is 29.7 Å². The fourth-order valence-electron chi connectivity index (χ4n) is 3.72. The van der Waals surface area contributed by atoms with E-state index in [9.17, 15) is 0 Å². The minimum absolute atomic E-state index is 0.261. The van der Waals surface area contributed by atoms with E-state index in [1.807, 2.05) is 12.4 Å². The zero-order chi connectivity index (χ0) is 14.4. The first-order valence-electron chi connectivity index (χ1n) is 8.02. The lowest BCUT2D eigenvalue weighted by Crippen LogP contribution is -2.63. The summed E-state index contributed by atoms with van der Waals surface area (Å²) in [4.78, 5) is 6.92. The molecule has 2 heterocycles. The molecule has 1 aliphatic carbocycles. The summed E-state index contributed by atoms with van der Waals surface area (Å²) >= 11 is 0. The second-order valence-corrected chi connectivity index (χ2v) is 6.92. The molecule has 110 valence electrons. The van der Waals surface area contributed by atoms with Gasteiger partial charge < -0.3 is 10.2 Å². The highest BCUT2D eigenvalue weighted by Crippen LogP contribution is 2.42. The number of hydrogen-bond acceptors (Lipinski definition) is 3. The third-order valence-electron chi connectivity index (χ3n) is 5.28. The molecule has 1 aromatic carbocycles. The second kappa shape index (κ2) is 4.70. The minimum Gasteiger partial charge on any atom is -0.365 e. The van der Waals surface area contributed by atoms with Crippen LogP contribution < -0.4 is 10.2 Å². The van der Waals surface area contributed by atoms with Crippen molar-refractivity contribution in [3.05, 3.63) is 36.7 Å². The van der Waals surface area contributed by atoms with E-state index in [1.165, 1.54) is 29.3 Å². The molecule has 2 aromatic rings. The molecule has 2 unspecified atom stereocenters. The molecule has 21 heavy (non-hydrogen) atoms. The third kappa shape index (κ3) is 2.20. The molecule has 1 aliphatic heterocycles. The van der Waals surface area contributed by atoms with Crippen LogP contribution >= 0.6 is 0 Å². The Kier molecular flexibility index (Phi) is 2.93. The molecular weight excluding hydrogens is 258 g/mol. The molecule has 2 fully saturated rings. The molecule has 1 aromatic heterocycles. The Balaban J connectivity index is 1.75. The topological polar surface area (TPSA) is 28.2 Å². The van der Waals surface area contributed by atoms with Crippen molar-refractivity contribution in [2.24, 2.45) is 5.92 Å². The number of anilines is 1. The molecule has 1 saturated carbocycles. The van der Waals surface area contributed by atoms with Crippen LogP contribution in [0.25, 0.3) is 10.8 Å². The summed E-state index contributed by atoms with van der Waals surface area (Å²) < 4.78 is 0. The van der Waals surface area contributed by atoms with Gasteiger partial charge in [-0.2, -0.15) is 0 Å². The van der Waals surface area contributed by atoms with E-state index in [-0.39, 0.29) is 5.54 Å². The molecule has 0 amide bonds. The van der Waals surface area contributed by atoms with Crippen LogP contribution in [0.2, 0.25) is 0 Å². The molecule has 1 N–H and O–H groups in total. The van der Waals surface area contributed by atoms with E-state index in [2.05, 4.69) is 53.3 Å². The number of rotatable bonds is 2. The number of piperazine rings is 1. The van der Waals surface area contributed by atoms with Gasteiger partial charge in [-0.15, -0.1) is 0 Å². The van der Waals surface area contributed by atoms with E-state index < -0.39 is 0 Å². The van der Waals surface area contributed by atoms with Gasteiger partial charge >= 0.3 is 0 Å². The lowest BCUT2D eigenvalue weighted by atomic mass is 9.90. The van der Waals surface area contributed by atoms with Crippen molar-refractivity contribution >= 4 is 16.5 Å². The molecule has 0 spiro atoms. The third-order valence-corrected chi connectivity index (χ3v) is 5.28. The zero-order valence-corrected chi connectivity index (χ0v) is 12.8. The van der Waals surface area contributed by atoms with E-state index in [0.717, 1.165) is 19.0 Å². The molecule has 0 bridgehead atoms. The van der Waals surface area contributed by atoms with Gasteiger partial charge in [0.1, 0.15) is 0 Å². The number of pyridine rings is 1. The first kappa shape index (κ1) is 13.1. The maximum atomic E-state index is 4.33. The summed E-state index contributed by atoms with van der Waals surface area (Å²) in [5.74, 6) is 0.848. The Bertz CT molecular complexity index is 659. The first-order chi connectivity index (χ1) is 10.2. The number of nitrogens with one attached hydrogen (secondary N) is 1. The smallest absolute Gasteiger partial charge is 0.0465 e. The van der Waals surface area contributed by atoms with Gasteiger partial charge in [-0.3, -0.25) is 4.98 Å². The van der Waals surface area contributed by atoms with Gasteiger partial charge in [-0.05, 0) is 50.1 Å². The Labute approximate surface area is 126 Å². The highest BCUT2D eigenvalue weighted by Gasteiger charge is 2.45. The molecule has 3 heteroatoms. The van der Waals surface area contributed by atoms with Gasteiger partial charge in [-0.25, -0.2) is 0 Å². The van der Waals surface area contributed by atoms with E-state index in [4.69, 9.17) is 0 Å². The number of fused-ring (bicyclic) bond motifs is 1. The van der Waals surface area contributed by atoms with E-state index in [0.29, 0.717) is 6.04 Å². The van der Waals surface area contributed by atoms with Crippen molar-refractivity contribution in [3.8, 4) is 0 Å². The maximum absolute atomic E-state index is 4.33. The Morgan fingerprint density at radius 1 is 1.29 bits per heavy atom. The number of nitrogens with zero attached hydrogens (tertiary/aromatic N) is 2. The summed E-state index contributed by atoms with van der Waals surface area (Å²) in [5.41, 5.74) is 1.60. The van der Waals surface area contributed by atoms with Gasteiger partial charge in [0.2, 0.25) is 0 Å². The van der Waals surface area contributed by atoms with Crippen LogP contribution in [0.15, 0.2) is 36.7 Å². The normalized spacial score (nSPS) is 29.8. The highest BCUT2D eigenvalue weighted by atomic mass is 15.3. The van der Waals surface area contributed by atoms with Crippen LogP contribution in [0, 0.1) is 5.92 Å². The standard InChI is InChI=1S/C18H23N3/c1-13-10-20-18(2,15-6-7-15)12-21(13)17-5-3-4-14-8-9-19-11-16(14)17/h3-5,8-9,11,13,15,20H,6-7,10,12H2,1-2H3. The molecule has 4 rings (SSSR count). The van der Waals surface area contributed by atoms with Crippen LogP contribution in [0.1, 0.15) is 26.7 Å². The van der Waals surface area contributed by atoms with Crippen molar-refractivity contribution < 1.29 is 0 Å². The largest absolute Gasteiger partial charge is 0.365 e. The first-order valence-corrected chi connectivity index (χ1v) is 8.02. The van der Waals surface area contributed by atoms with Crippen molar-refractivity contribution in [3.63, 3.8) is 0 Å². The molecule has 0 radical (unpaired) electrons. The predicted molar refractivity (Wildman–Crippen MR) is 87.7 cm³/mol. The maximum Gasteiger partial charge on any atom is 0.0465 e. The van der Waals surface area contributed by atoms with Gasteiger partial charge in [0.25, 0.3) is 0 Å². The van der Waals surface area contributed by atoms with Crippen LogP contribution in [0.4, 0.5) is 5.69 Å². The van der Waals surface area contributed by atoms with Gasteiger partial charge in [-0.1, -0.05) is 12.1 Å². The summed E-state index contributed by atoms with van der Waals surface area (Å²) in [6.45, 7) is 6.86. The minimum atomic E-state index is 0.261. The average Bonchev–Trinajstić information content (AvgIpc) is 3.35. The molecule has 2 atom stereocenters. The second-order valence-electron chi connectivity index (χ2n) is 6.92. The van der Waals surface area contributed by atoms with Crippen molar-refractivity contribution in [2.75, 3.05) is 18.0 Å². The lowest BCUT2D eigenvalue weighted by Gasteiger charge is -2.47. The fourth-order valence-corrected chi connectivity index (χ4v) is 3.72. The van der Waals surface area contributed by atoms with E-state index in [1.54, 1.807) is 0 Å². The number of aromatic nitrogens is 1. The summed E-state index contributed by atoms with van der Waals surface area (Å²) in [5, 5.41) is 6.35. The van der Waals surface area contributed by atoms with Gasteiger partial charge in [0.05, 0.1) is 0 Å². The predicted octanol–water partition coefficient (Wildman–Crippen LogP) is 3.20. The van der Waals surface area contributed by atoms with Crippen LogP contribution in [0.5, 0.6) is 0 Å². The monoisotopic (exact) mass is 281 g/mol. The summed E-state index contributed by atoms with van der Waals surface area (Å²) in [7, 11) is 0. The molecule has 2 aliphatic rings. The average molecular weight is 281 g/mol. The van der Waals surface area contributed by atoms with Crippen LogP contribution in [-0.2, 0) is 0 Å². The molecular formula is C18H23N3. The van der Waals surface area contributed by atoms with Crippen molar-refractivity contribution in [2.45, 2.75) is 38.3 Å². The summed E-state index contributed by atoms with van der Waals surface area (Å²) in [6, 6.07) is 9.21. The SMILES string of the molecule is CC1CNC(C)(C2CC2)CN1c1cccc2ccncc12. The Hall–Kier alpha value is -1.61. The zero-order valence-electron chi connectivity index (χ0n) is 12.8. The fraction of sp³-hybridized carbons (Fsp3) is 0.500. The molecule has 1 saturated heterocycles. The van der Waals surface area contributed by atoms with Crippen molar-refractivity contribution in [1.29, 1.82) is 0 Å².